The zero-order valence-corrected chi connectivity index (χ0v) is 15.4. The number of hydrogen-bond acceptors (Lipinski definition) is 4. The Bertz CT molecular complexity index is 948. The predicted octanol–water partition coefficient (Wildman–Crippen LogP) is 4.84. The van der Waals surface area contributed by atoms with E-state index in [1.54, 1.807) is 38.1 Å². The van der Waals surface area contributed by atoms with E-state index < -0.39 is 5.82 Å². The maximum absolute atomic E-state index is 13.7. The number of rotatable bonds is 5. The highest BCUT2D eigenvalue weighted by atomic mass is 19.1. The number of nitrogens with one attached hydrogen (secondary N) is 1. The van der Waals surface area contributed by atoms with Gasteiger partial charge in [-0.15, -0.1) is 0 Å². The summed E-state index contributed by atoms with van der Waals surface area (Å²) in [7, 11) is 0. The van der Waals surface area contributed by atoms with Gasteiger partial charge in [0, 0.05) is 5.56 Å². The first-order chi connectivity index (χ1) is 13.0. The van der Waals surface area contributed by atoms with Crippen molar-refractivity contribution in [2.75, 3.05) is 5.32 Å². The van der Waals surface area contributed by atoms with Gasteiger partial charge in [0.15, 0.2) is 11.6 Å². The van der Waals surface area contributed by atoms with Crippen LogP contribution in [0.25, 0.3) is 0 Å². The molecule has 1 aromatic heterocycles. The van der Waals surface area contributed by atoms with Gasteiger partial charge in [0.25, 0.3) is 5.91 Å². The third-order valence-electron chi connectivity index (χ3n) is 4.15. The van der Waals surface area contributed by atoms with E-state index >= 15 is 0 Å². The molecule has 0 bridgehead atoms. The third kappa shape index (κ3) is 4.28. The molecule has 1 N–H and O–H groups in total. The van der Waals surface area contributed by atoms with Crippen molar-refractivity contribution in [2.24, 2.45) is 0 Å². The Hall–Kier alpha value is -3.28. The number of ether oxygens (including phenoxy) is 1. The quantitative estimate of drug-likeness (QED) is 0.703. The third-order valence-corrected chi connectivity index (χ3v) is 4.15. The van der Waals surface area contributed by atoms with Crippen molar-refractivity contribution in [1.82, 2.24) is 9.97 Å². The standard InChI is InChI=1S/C21H20FN3O2/c1-4-15-9-11-16(12-10-15)20(26)25-19-13(2)23-21(24-14(19)3)27-18-8-6-5-7-17(18)22/h5-12H,4H2,1-3H3,(H,25,26). The number of para-hydroxylation sites is 1. The highest BCUT2D eigenvalue weighted by molar-refractivity contribution is 6.04. The van der Waals surface area contributed by atoms with Gasteiger partial charge in [-0.1, -0.05) is 31.2 Å². The van der Waals surface area contributed by atoms with Crippen molar-refractivity contribution in [3.8, 4) is 11.8 Å². The lowest BCUT2D eigenvalue weighted by atomic mass is 10.1. The van der Waals surface area contributed by atoms with Gasteiger partial charge in [0.2, 0.25) is 0 Å². The highest BCUT2D eigenvalue weighted by Crippen LogP contribution is 2.25. The first-order valence-electron chi connectivity index (χ1n) is 8.66. The van der Waals surface area contributed by atoms with E-state index in [-0.39, 0.29) is 17.7 Å². The molecule has 2 aromatic carbocycles. The first-order valence-corrected chi connectivity index (χ1v) is 8.66. The summed E-state index contributed by atoms with van der Waals surface area (Å²) in [6.45, 7) is 5.53. The number of carbonyl (C=O) groups excluding carboxylic acids is 1. The van der Waals surface area contributed by atoms with E-state index in [0.717, 1.165) is 12.0 Å². The summed E-state index contributed by atoms with van der Waals surface area (Å²) in [5.74, 6) is -0.691. The molecule has 27 heavy (non-hydrogen) atoms. The molecule has 1 amide bonds. The van der Waals surface area contributed by atoms with Crippen LogP contribution in [0.2, 0.25) is 0 Å². The fraction of sp³-hybridized carbons (Fsp3) is 0.190. The molecule has 0 atom stereocenters. The molecule has 0 aliphatic carbocycles. The van der Waals surface area contributed by atoms with Crippen LogP contribution < -0.4 is 10.1 Å². The molecule has 0 fully saturated rings. The van der Waals surface area contributed by atoms with Gasteiger partial charge in [-0.3, -0.25) is 4.79 Å². The molecule has 6 heteroatoms. The maximum atomic E-state index is 13.7. The van der Waals surface area contributed by atoms with E-state index in [0.29, 0.717) is 22.6 Å². The van der Waals surface area contributed by atoms with Gasteiger partial charge in [0.1, 0.15) is 0 Å². The van der Waals surface area contributed by atoms with Gasteiger partial charge in [-0.05, 0) is 50.1 Å². The van der Waals surface area contributed by atoms with Crippen molar-refractivity contribution in [3.05, 3.63) is 76.9 Å². The van der Waals surface area contributed by atoms with Gasteiger partial charge in [-0.25, -0.2) is 4.39 Å². The summed E-state index contributed by atoms with van der Waals surface area (Å²) in [5, 5.41) is 2.84. The Morgan fingerprint density at radius 1 is 1.04 bits per heavy atom. The topological polar surface area (TPSA) is 64.1 Å². The number of aryl methyl sites for hydroxylation is 3. The molecule has 0 unspecified atom stereocenters. The number of anilines is 1. The van der Waals surface area contributed by atoms with Gasteiger partial charge < -0.3 is 10.1 Å². The van der Waals surface area contributed by atoms with E-state index in [2.05, 4.69) is 22.2 Å². The second-order valence-corrected chi connectivity index (χ2v) is 6.09. The lowest BCUT2D eigenvalue weighted by molar-refractivity contribution is 0.102. The fourth-order valence-electron chi connectivity index (χ4n) is 2.62. The molecule has 0 aliphatic rings. The van der Waals surface area contributed by atoms with Crippen molar-refractivity contribution in [3.63, 3.8) is 0 Å². The van der Waals surface area contributed by atoms with Crippen LogP contribution in [-0.2, 0) is 6.42 Å². The number of aromatic nitrogens is 2. The molecular formula is C21H20FN3O2. The molecule has 0 saturated carbocycles. The molecule has 0 radical (unpaired) electrons. The van der Waals surface area contributed by atoms with E-state index in [1.807, 2.05) is 12.1 Å². The average Bonchev–Trinajstić information content (AvgIpc) is 2.66. The van der Waals surface area contributed by atoms with Crippen molar-refractivity contribution < 1.29 is 13.9 Å². The second-order valence-electron chi connectivity index (χ2n) is 6.09. The van der Waals surface area contributed by atoms with Crippen molar-refractivity contribution in [2.45, 2.75) is 27.2 Å². The summed E-state index contributed by atoms with van der Waals surface area (Å²) in [6, 6.07) is 13.5. The number of hydrogen-bond donors (Lipinski definition) is 1. The Morgan fingerprint density at radius 3 is 2.26 bits per heavy atom. The fourth-order valence-corrected chi connectivity index (χ4v) is 2.62. The SMILES string of the molecule is CCc1ccc(C(=O)Nc2c(C)nc(Oc3ccccc3F)nc2C)cc1. The van der Waals surface area contributed by atoms with Crippen molar-refractivity contribution in [1.29, 1.82) is 0 Å². The summed E-state index contributed by atoms with van der Waals surface area (Å²) in [4.78, 5) is 21.0. The van der Waals surface area contributed by atoms with Gasteiger partial charge in [0.05, 0.1) is 17.1 Å². The summed E-state index contributed by atoms with van der Waals surface area (Å²) in [5.41, 5.74) is 3.30. The molecule has 3 aromatic rings. The summed E-state index contributed by atoms with van der Waals surface area (Å²) < 4.78 is 19.2. The zero-order valence-electron chi connectivity index (χ0n) is 15.4. The largest absolute Gasteiger partial charge is 0.421 e. The number of halogens is 1. The Morgan fingerprint density at radius 2 is 1.67 bits per heavy atom. The van der Waals surface area contributed by atoms with Crippen LogP contribution in [0.5, 0.6) is 11.8 Å². The molecule has 0 aliphatic heterocycles. The van der Waals surface area contributed by atoms with E-state index in [1.165, 1.54) is 12.1 Å². The van der Waals surface area contributed by atoms with Crippen LogP contribution in [-0.4, -0.2) is 15.9 Å². The molecule has 5 nitrogen and oxygen atoms in total. The average molecular weight is 365 g/mol. The van der Waals surface area contributed by atoms with Crippen LogP contribution in [0.3, 0.4) is 0 Å². The number of benzene rings is 2. The lowest BCUT2D eigenvalue weighted by Gasteiger charge is -2.13. The molecule has 1 heterocycles. The highest BCUT2D eigenvalue weighted by Gasteiger charge is 2.15. The van der Waals surface area contributed by atoms with Crippen LogP contribution in [0.4, 0.5) is 10.1 Å². The first kappa shape index (κ1) is 18.5. The van der Waals surface area contributed by atoms with E-state index in [9.17, 15) is 9.18 Å². The Kier molecular flexibility index (Phi) is 5.45. The van der Waals surface area contributed by atoms with Gasteiger partial charge >= 0.3 is 6.01 Å². The minimum absolute atomic E-state index is 0.0281. The number of nitrogens with zero attached hydrogens (tertiary/aromatic N) is 2. The van der Waals surface area contributed by atoms with Crippen LogP contribution in [0.15, 0.2) is 48.5 Å². The Balaban J connectivity index is 1.80. The Labute approximate surface area is 157 Å². The predicted molar refractivity (Wildman–Crippen MR) is 102 cm³/mol. The second kappa shape index (κ2) is 7.95. The lowest BCUT2D eigenvalue weighted by Crippen LogP contribution is -2.15. The minimum Gasteiger partial charge on any atom is -0.421 e. The minimum atomic E-state index is -0.496. The molecule has 0 spiro atoms. The van der Waals surface area contributed by atoms with E-state index in [4.69, 9.17) is 4.74 Å². The van der Waals surface area contributed by atoms with Crippen LogP contribution in [0, 0.1) is 19.7 Å². The maximum Gasteiger partial charge on any atom is 0.322 e. The molecule has 3 rings (SSSR count). The number of amides is 1. The smallest absolute Gasteiger partial charge is 0.322 e. The molecular weight excluding hydrogens is 345 g/mol. The zero-order chi connectivity index (χ0) is 19.4. The summed E-state index contributed by atoms with van der Waals surface area (Å²) in [6.07, 6.45) is 0.914. The van der Waals surface area contributed by atoms with Crippen molar-refractivity contribution >= 4 is 11.6 Å². The molecule has 0 saturated heterocycles. The normalized spacial score (nSPS) is 10.5. The number of carbonyl (C=O) groups is 1. The van der Waals surface area contributed by atoms with Crippen LogP contribution >= 0.6 is 0 Å². The van der Waals surface area contributed by atoms with Crippen LogP contribution in [0.1, 0.15) is 34.2 Å². The summed E-state index contributed by atoms with van der Waals surface area (Å²) >= 11 is 0. The molecule has 138 valence electrons. The monoisotopic (exact) mass is 365 g/mol. The van der Waals surface area contributed by atoms with Gasteiger partial charge in [-0.2, -0.15) is 9.97 Å².